The fourth-order valence-corrected chi connectivity index (χ4v) is 2.20. The van der Waals surface area contributed by atoms with Gasteiger partial charge in [0.2, 0.25) is 11.6 Å². The summed E-state index contributed by atoms with van der Waals surface area (Å²) in [5, 5.41) is 18.9. The summed E-state index contributed by atoms with van der Waals surface area (Å²) < 4.78 is 11.6. The minimum atomic E-state index is -1.28. The number of carbonyl (C=O) groups excluding carboxylic acids is 1. The first-order valence-corrected chi connectivity index (χ1v) is 7.30. The number of ether oxygens (including phenoxy) is 2. The van der Waals surface area contributed by atoms with Crippen LogP contribution in [-0.2, 0) is 17.7 Å². The third-order valence-corrected chi connectivity index (χ3v) is 3.40. The molecule has 0 radical (unpaired) electrons. The van der Waals surface area contributed by atoms with Crippen molar-refractivity contribution in [2.45, 2.75) is 19.9 Å². The van der Waals surface area contributed by atoms with Crippen LogP contribution in [0, 0.1) is 0 Å². The summed E-state index contributed by atoms with van der Waals surface area (Å²) in [6.07, 6.45) is 0.481. The second kappa shape index (κ2) is 7.49. The lowest BCUT2D eigenvalue weighted by Crippen LogP contribution is -2.11. The minimum absolute atomic E-state index is 0.202. The van der Waals surface area contributed by atoms with Crippen molar-refractivity contribution in [1.82, 2.24) is 9.55 Å². The summed E-state index contributed by atoms with van der Waals surface area (Å²) in [6.45, 7) is 2.26. The molecule has 0 aliphatic rings. The molecule has 2 aromatic rings. The molecule has 24 heavy (non-hydrogen) atoms. The molecule has 0 aliphatic heterocycles. The maximum absolute atomic E-state index is 11.3. The van der Waals surface area contributed by atoms with Gasteiger partial charge in [0.05, 0.1) is 19.2 Å². The molecule has 0 saturated carbocycles. The average Bonchev–Trinajstić information content (AvgIpc) is 2.91. The Morgan fingerprint density at radius 2 is 1.92 bits per heavy atom. The second-order valence-corrected chi connectivity index (χ2v) is 4.88. The quantitative estimate of drug-likeness (QED) is 0.742. The molecule has 1 aromatic heterocycles. The van der Waals surface area contributed by atoms with Gasteiger partial charge in [-0.25, -0.2) is 14.6 Å². The normalized spacial score (nSPS) is 10.4. The Hall–Kier alpha value is -3.03. The molecule has 0 amide bonds. The minimum Gasteiger partial charge on any atom is -0.493 e. The fourth-order valence-electron chi connectivity index (χ4n) is 2.20. The van der Waals surface area contributed by atoms with Gasteiger partial charge in [0, 0.05) is 6.42 Å². The highest BCUT2D eigenvalue weighted by molar-refractivity contribution is 5.89. The van der Waals surface area contributed by atoms with Crippen molar-refractivity contribution in [1.29, 1.82) is 0 Å². The van der Waals surface area contributed by atoms with E-state index in [2.05, 4.69) is 9.72 Å². The van der Waals surface area contributed by atoms with E-state index in [0.717, 1.165) is 0 Å². The standard InChI is InChI=1S/C16H18N2O6/c1-3-12-17-13(15(20)21)14(19)18(12)8-9-24-11-6-4-10(5-7-11)16(22)23-2/h4-7,19H,3,8-9H2,1-2H3,(H,20,21). The number of esters is 1. The zero-order chi connectivity index (χ0) is 17.7. The highest BCUT2D eigenvalue weighted by Crippen LogP contribution is 2.20. The number of hydrogen-bond acceptors (Lipinski definition) is 6. The molecular formula is C16H18N2O6. The van der Waals surface area contributed by atoms with E-state index >= 15 is 0 Å². The number of hydrogen-bond donors (Lipinski definition) is 2. The van der Waals surface area contributed by atoms with Crippen molar-refractivity contribution >= 4 is 11.9 Å². The molecule has 0 atom stereocenters. The molecular weight excluding hydrogens is 316 g/mol. The number of aryl methyl sites for hydroxylation is 1. The molecule has 1 heterocycles. The Balaban J connectivity index is 2.02. The number of aromatic hydroxyl groups is 1. The highest BCUT2D eigenvalue weighted by Gasteiger charge is 2.20. The van der Waals surface area contributed by atoms with Gasteiger partial charge in [-0.3, -0.25) is 4.57 Å². The summed E-state index contributed by atoms with van der Waals surface area (Å²) in [5.74, 6) is -1.09. The van der Waals surface area contributed by atoms with Gasteiger partial charge in [-0.2, -0.15) is 0 Å². The number of rotatable bonds is 7. The molecule has 0 unspecified atom stereocenters. The summed E-state index contributed by atoms with van der Waals surface area (Å²) in [7, 11) is 1.31. The maximum Gasteiger partial charge on any atom is 0.360 e. The van der Waals surface area contributed by atoms with E-state index in [9.17, 15) is 14.7 Å². The number of methoxy groups -OCH3 is 1. The van der Waals surface area contributed by atoms with Crippen LogP contribution in [-0.4, -0.2) is 45.4 Å². The summed E-state index contributed by atoms with van der Waals surface area (Å²) in [4.78, 5) is 26.2. The zero-order valence-corrected chi connectivity index (χ0v) is 13.4. The lowest BCUT2D eigenvalue weighted by Gasteiger charge is -2.10. The van der Waals surface area contributed by atoms with Crippen LogP contribution in [0.1, 0.15) is 33.6 Å². The number of aromatic carboxylic acids is 1. The number of benzene rings is 1. The first-order chi connectivity index (χ1) is 11.5. The maximum atomic E-state index is 11.3. The topological polar surface area (TPSA) is 111 Å². The highest BCUT2D eigenvalue weighted by atomic mass is 16.5. The molecule has 128 valence electrons. The molecule has 2 rings (SSSR count). The lowest BCUT2D eigenvalue weighted by atomic mass is 10.2. The Kier molecular flexibility index (Phi) is 5.41. The molecule has 8 nitrogen and oxygen atoms in total. The summed E-state index contributed by atoms with van der Waals surface area (Å²) in [6, 6.07) is 6.42. The van der Waals surface area contributed by atoms with Gasteiger partial charge < -0.3 is 19.7 Å². The van der Waals surface area contributed by atoms with E-state index in [1.54, 1.807) is 24.3 Å². The molecule has 1 aromatic carbocycles. The van der Waals surface area contributed by atoms with Gasteiger partial charge in [0.1, 0.15) is 18.2 Å². The Morgan fingerprint density at radius 3 is 2.46 bits per heavy atom. The first-order valence-electron chi connectivity index (χ1n) is 7.30. The average molecular weight is 334 g/mol. The van der Waals surface area contributed by atoms with Gasteiger partial charge in [0.15, 0.2) is 0 Å². The summed E-state index contributed by atoms with van der Waals surface area (Å²) >= 11 is 0. The lowest BCUT2D eigenvalue weighted by molar-refractivity contribution is 0.0599. The van der Waals surface area contributed by atoms with Gasteiger partial charge >= 0.3 is 11.9 Å². The van der Waals surface area contributed by atoms with Crippen LogP contribution in [0.2, 0.25) is 0 Å². The molecule has 0 aliphatic carbocycles. The van der Waals surface area contributed by atoms with Gasteiger partial charge in [-0.1, -0.05) is 6.92 Å². The van der Waals surface area contributed by atoms with Crippen LogP contribution >= 0.6 is 0 Å². The van der Waals surface area contributed by atoms with Crippen LogP contribution in [0.15, 0.2) is 24.3 Å². The molecule has 2 N–H and O–H groups in total. The predicted molar refractivity (Wildman–Crippen MR) is 83.5 cm³/mol. The van der Waals surface area contributed by atoms with E-state index < -0.39 is 11.9 Å². The van der Waals surface area contributed by atoms with Crippen molar-refractivity contribution in [3.63, 3.8) is 0 Å². The second-order valence-electron chi connectivity index (χ2n) is 4.88. The zero-order valence-electron chi connectivity index (χ0n) is 13.4. The number of carbonyl (C=O) groups is 2. The van der Waals surface area contributed by atoms with Crippen LogP contribution in [0.3, 0.4) is 0 Å². The largest absolute Gasteiger partial charge is 0.493 e. The third kappa shape index (κ3) is 3.65. The van der Waals surface area contributed by atoms with Crippen LogP contribution in [0.25, 0.3) is 0 Å². The van der Waals surface area contributed by atoms with Crippen molar-refractivity contribution in [3.8, 4) is 11.6 Å². The Bertz CT molecular complexity index is 736. The van der Waals surface area contributed by atoms with Crippen LogP contribution < -0.4 is 4.74 Å². The van der Waals surface area contributed by atoms with Crippen LogP contribution in [0.5, 0.6) is 11.6 Å². The van der Waals surface area contributed by atoms with E-state index in [-0.39, 0.29) is 24.7 Å². The fraction of sp³-hybridized carbons (Fsp3) is 0.312. The van der Waals surface area contributed by atoms with E-state index in [1.807, 2.05) is 6.92 Å². The van der Waals surface area contributed by atoms with Crippen molar-refractivity contribution in [2.75, 3.05) is 13.7 Å². The smallest absolute Gasteiger partial charge is 0.360 e. The van der Waals surface area contributed by atoms with Crippen molar-refractivity contribution in [3.05, 3.63) is 41.3 Å². The number of aromatic nitrogens is 2. The van der Waals surface area contributed by atoms with Gasteiger partial charge in [-0.05, 0) is 24.3 Å². The Morgan fingerprint density at radius 1 is 1.25 bits per heavy atom. The predicted octanol–water partition coefficient (Wildman–Crippen LogP) is 1.71. The molecule has 0 saturated heterocycles. The van der Waals surface area contributed by atoms with E-state index in [4.69, 9.17) is 9.84 Å². The molecule has 0 bridgehead atoms. The molecule has 0 fully saturated rings. The van der Waals surface area contributed by atoms with Gasteiger partial charge in [0.25, 0.3) is 0 Å². The van der Waals surface area contributed by atoms with E-state index in [0.29, 0.717) is 23.6 Å². The summed E-state index contributed by atoms with van der Waals surface area (Å²) in [5.41, 5.74) is 0.0470. The number of carboxylic acids is 1. The van der Waals surface area contributed by atoms with Crippen molar-refractivity contribution in [2.24, 2.45) is 0 Å². The van der Waals surface area contributed by atoms with E-state index in [1.165, 1.54) is 11.7 Å². The molecule has 0 spiro atoms. The number of carboxylic acid groups (broad SMARTS) is 1. The SMILES string of the molecule is CCc1nc(C(=O)O)c(O)n1CCOc1ccc(C(=O)OC)cc1. The number of imidazole rings is 1. The third-order valence-electron chi connectivity index (χ3n) is 3.40. The first kappa shape index (κ1) is 17.3. The Labute approximate surface area is 138 Å². The van der Waals surface area contributed by atoms with Crippen molar-refractivity contribution < 1.29 is 29.3 Å². The van der Waals surface area contributed by atoms with Crippen LogP contribution in [0.4, 0.5) is 0 Å². The monoisotopic (exact) mass is 334 g/mol. The van der Waals surface area contributed by atoms with Gasteiger partial charge in [-0.15, -0.1) is 0 Å². The number of nitrogens with zero attached hydrogens (tertiary/aromatic N) is 2. The molecule has 8 heteroatoms.